The molecule has 136 valence electrons. The SMILES string of the molecule is O=C(COC(=O)Cc1ccc2c(c1)CCCC2)Nc1ccc(F)c(F)c1. The Morgan fingerprint density at radius 1 is 0.962 bits per heavy atom. The monoisotopic (exact) mass is 359 g/mol. The lowest BCUT2D eigenvalue weighted by molar-refractivity contribution is -0.146. The van der Waals surface area contributed by atoms with Crippen LogP contribution in [0, 0.1) is 11.6 Å². The van der Waals surface area contributed by atoms with Crippen molar-refractivity contribution in [3.63, 3.8) is 0 Å². The van der Waals surface area contributed by atoms with Crippen LogP contribution in [-0.4, -0.2) is 18.5 Å². The highest BCUT2D eigenvalue weighted by Crippen LogP contribution is 2.22. The first-order chi connectivity index (χ1) is 12.5. The molecule has 6 heteroatoms. The van der Waals surface area contributed by atoms with E-state index in [0.717, 1.165) is 37.0 Å². The summed E-state index contributed by atoms with van der Waals surface area (Å²) in [7, 11) is 0. The van der Waals surface area contributed by atoms with Crippen molar-refractivity contribution in [3.05, 3.63) is 64.7 Å². The van der Waals surface area contributed by atoms with E-state index in [1.807, 2.05) is 18.2 Å². The molecule has 0 radical (unpaired) electrons. The second-order valence-corrected chi connectivity index (χ2v) is 6.32. The van der Waals surface area contributed by atoms with Gasteiger partial charge in [0, 0.05) is 11.8 Å². The second kappa shape index (κ2) is 8.08. The van der Waals surface area contributed by atoms with Gasteiger partial charge in [0.05, 0.1) is 6.42 Å². The molecule has 1 N–H and O–H groups in total. The summed E-state index contributed by atoms with van der Waals surface area (Å²) >= 11 is 0. The number of benzene rings is 2. The fraction of sp³-hybridized carbons (Fsp3) is 0.300. The predicted molar refractivity (Wildman–Crippen MR) is 92.7 cm³/mol. The van der Waals surface area contributed by atoms with E-state index in [4.69, 9.17) is 4.74 Å². The minimum Gasteiger partial charge on any atom is -0.455 e. The van der Waals surface area contributed by atoms with Crippen LogP contribution in [0.25, 0.3) is 0 Å². The molecule has 26 heavy (non-hydrogen) atoms. The van der Waals surface area contributed by atoms with Gasteiger partial charge >= 0.3 is 5.97 Å². The summed E-state index contributed by atoms with van der Waals surface area (Å²) in [4.78, 5) is 23.7. The van der Waals surface area contributed by atoms with E-state index >= 15 is 0 Å². The zero-order chi connectivity index (χ0) is 18.5. The van der Waals surface area contributed by atoms with Crippen molar-refractivity contribution in [2.75, 3.05) is 11.9 Å². The van der Waals surface area contributed by atoms with Crippen LogP contribution in [0.15, 0.2) is 36.4 Å². The number of anilines is 1. The summed E-state index contributed by atoms with van der Waals surface area (Å²) < 4.78 is 30.9. The molecule has 1 aliphatic carbocycles. The van der Waals surface area contributed by atoms with Gasteiger partial charge < -0.3 is 10.1 Å². The van der Waals surface area contributed by atoms with Gasteiger partial charge in [-0.1, -0.05) is 18.2 Å². The topological polar surface area (TPSA) is 55.4 Å². The number of aryl methyl sites for hydroxylation is 2. The summed E-state index contributed by atoms with van der Waals surface area (Å²) in [5, 5.41) is 2.35. The number of esters is 1. The van der Waals surface area contributed by atoms with E-state index in [9.17, 15) is 18.4 Å². The van der Waals surface area contributed by atoms with Crippen LogP contribution >= 0.6 is 0 Å². The molecule has 1 aliphatic rings. The number of carbonyl (C=O) groups excluding carboxylic acids is 2. The number of nitrogens with one attached hydrogen (secondary N) is 1. The summed E-state index contributed by atoms with van der Waals surface area (Å²) in [5.74, 6) is -3.19. The smallest absolute Gasteiger partial charge is 0.310 e. The fourth-order valence-corrected chi connectivity index (χ4v) is 3.03. The summed E-state index contributed by atoms with van der Waals surface area (Å²) in [5.41, 5.74) is 3.56. The molecule has 2 aromatic carbocycles. The van der Waals surface area contributed by atoms with Gasteiger partial charge in [-0.05, 0) is 54.5 Å². The Bertz CT molecular complexity index is 836. The molecule has 0 aliphatic heterocycles. The van der Waals surface area contributed by atoms with Crippen molar-refractivity contribution in [2.24, 2.45) is 0 Å². The standard InChI is InChI=1S/C20H19F2NO3/c21-17-8-7-16(11-18(17)22)23-19(24)12-26-20(25)10-13-5-6-14-3-1-2-4-15(14)9-13/h5-9,11H,1-4,10,12H2,(H,23,24). The van der Waals surface area contributed by atoms with Crippen LogP contribution in [0.5, 0.6) is 0 Å². The van der Waals surface area contributed by atoms with Gasteiger partial charge in [0.1, 0.15) is 0 Å². The number of rotatable bonds is 5. The molecule has 0 saturated carbocycles. The zero-order valence-electron chi connectivity index (χ0n) is 14.2. The first kappa shape index (κ1) is 18.0. The maximum Gasteiger partial charge on any atom is 0.310 e. The second-order valence-electron chi connectivity index (χ2n) is 6.32. The first-order valence-corrected chi connectivity index (χ1v) is 8.52. The van der Waals surface area contributed by atoms with E-state index in [-0.39, 0.29) is 12.1 Å². The maximum absolute atomic E-state index is 13.1. The average Bonchev–Trinajstić information content (AvgIpc) is 2.63. The molecule has 0 bridgehead atoms. The molecule has 3 rings (SSSR count). The van der Waals surface area contributed by atoms with Gasteiger partial charge in [0.2, 0.25) is 0 Å². The average molecular weight is 359 g/mol. The Hall–Kier alpha value is -2.76. The maximum atomic E-state index is 13.1. The minimum atomic E-state index is -1.06. The third-order valence-electron chi connectivity index (χ3n) is 4.33. The molecule has 0 heterocycles. The Labute approximate surface area is 150 Å². The van der Waals surface area contributed by atoms with Crippen LogP contribution in [0.4, 0.5) is 14.5 Å². The van der Waals surface area contributed by atoms with Crippen LogP contribution in [-0.2, 0) is 33.6 Å². The van der Waals surface area contributed by atoms with Crippen molar-refractivity contribution >= 4 is 17.6 Å². The third-order valence-corrected chi connectivity index (χ3v) is 4.33. The van der Waals surface area contributed by atoms with Crippen molar-refractivity contribution < 1.29 is 23.1 Å². The molecule has 1 amide bonds. The van der Waals surface area contributed by atoms with Gasteiger partial charge in [-0.3, -0.25) is 9.59 Å². The Kier molecular flexibility index (Phi) is 5.61. The number of fused-ring (bicyclic) bond motifs is 1. The van der Waals surface area contributed by atoms with Crippen molar-refractivity contribution in [2.45, 2.75) is 32.1 Å². The normalized spacial score (nSPS) is 13.0. The van der Waals surface area contributed by atoms with Crippen molar-refractivity contribution in [3.8, 4) is 0 Å². The molecule has 2 aromatic rings. The highest BCUT2D eigenvalue weighted by atomic mass is 19.2. The quantitative estimate of drug-likeness (QED) is 0.831. The molecule has 0 fully saturated rings. The molecule has 4 nitrogen and oxygen atoms in total. The number of ether oxygens (including phenoxy) is 1. The number of hydrogen-bond donors (Lipinski definition) is 1. The van der Waals surface area contributed by atoms with Gasteiger partial charge in [0.15, 0.2) is 18.2 Å². The zero-order valence-corrected chi connectivity index (χ0v) is 14.2. The predicted octanol–water partition coefficient (Wildman–Crippen LogP) is 3.57. The van der Waals surface area contributed by atoms with Crippen LogP contribution in [0.1, 0.15) is 29.5 Å². The van der Waals surface area contributed by atoms with Crippen LogP contribution in [0.3, 0.4) is 0 Å². The van der Waals surface area contributed by atoms with Crippen molar-refractivity contribution in [1.82, 2.24) is 0 Å². The Balaban J connectivity index is 1.49. The van der Waals surface area contributed by atoms with Gasteiger partial charge in [-0.25, -0.2) is 8.78 Å². The molecular weight excluding hydrogens is 340 g/mol. The number of carbonyl (C=O) groups is 2. The summed E-state index contributed by atoms with van der Waals surface area (Å²) in [6.45, 7) is -0.483. The lowest BCUT2D eigenvalue weighted by Crippen LogP contribution is -2.21. The Morgan fingerprint density at radius 2 is 1.73 bits per heavy atom. The number of hydrogen-bond acceptors (Lipinski definition) is 3. The highest BCUT2D eigenvalue weighted by Gasteiger charge is 2.13. The third kappa shape index (κ3) is 4.65. The molecule has 0 spiro atoms. The van der Waals surface area contributed by atoms with E-state index in [0.29, 0.717) is 0 Å². The van der Waals surface area contributed by atoms with E-state index in [2.05, 4.69) is 5.32 Å². The molecule has 0 saturated heterocycles. The summed E-state index contributed by atoms with van der Waals surface area (Å²) in [6.07, 6.45) is 4.54. The van der Waals surface area contributed by atoms with Crippen LogP contribution in [0.2, 0.25) is 0 Å². The first-order valence-electron chi connectivity index (χ1n) is 8.52. The van der Waals surface area contributed by atoms with Crippen LogP contribution < -0.4 is 5.32 Å². The lowest BCUT2D eigenvalue weighted by Gasteiger charge is -2.16. The fourth-order valence-electron chi connectivity index (χ4n) is 3.03. The Morgan fingerprint density at radius 3 is 2.50 bits per heavy atom. The van der Waals surface area contributed by atoms with Crippen molar-refractivity contribution in [1.29, 1.82) is 0 Å². The van der Waals surface area contributed by atoms with Gasteiger partial charge in [-0.2, -0.15) is 0 Å². The van der Waals surface area contributed by atoms with E-state index in [1.54, 1.807) is 0 Å². The van der Waals surface area contributed by atoms with Gasteiger partial charge in [0.25, 0.3) is 5.91 Å². The largest absolute Gasteiger partial charge is 0.455 e. The minimum absolute atomic E-state index is 0.0890. The number of halogens is 2. The summed E-state index contributed by atoms with van der Waals surface area (Å²) in [6, 6.07) is 8.98. The number of amides is 1. The van der Waals surface area contributed by atoms with E-state index in [1.165, 1.54) is 23.6 Å². The van der Waals surface area contributed by atoms with Gasteiger partial charge in [-0.15, -0.1) is 0 Å². The molecule has 0 aromatic heterocycles. The molecular formula is C20H19F2NO3. The highest BCUT2D eigenvalue weighted by molar-refractivity contribution is 5.92. The molecule has 0 atom stereocenters. The molecule has 0 unspecified atom stereocenters. The van der Waals surface area contributed by atoms with E-state index < -0.39 is 30.1 Å². The lowest BCUT2D eigenvalue weighted by atomic mass is 9.90.